The van der Waals surface area contributed by atoms with Crippen LogP contribution in [0.5, 0.6) is 5.75 Å². The maximum atomic E-state index is 15.8. The van der Waals surface area contributed by atoms with E-state index in [9.17, 15) is 9.18 Å². The number of likely N-dealkylation sites (tertiary alicyclic amines) is 1. The zero-order chi connectivity index (χ0) is 29.5. The van der Waals surface area contributed by atoms with Gasteiger partial charge < -0.3 is 9.64 Å². The number of pyridine rings is 1. The zero-order valence-electron chi connectivity index (χ0n) is 23.3. The SMILES string of the molecule is C=CC(=O)N1CCC(n2cc(-c3nc(-c4cnnc(C)c4)c4ccsc4c3-c3c(F)cc(F)cc3OC(C)C)cn2)C1. The van der Waals surface area contributed by atoms with Gasteiger partial charge in [0.2, 0.25) is 5.91 Å². The van der Waals surface area contributed by atoms with Gasteiger partial charge in [0.15, 0.2) is 0 Å². The average molecular weight is 587 g/mol. The molecule has 214 valence electrons. The molecule has 6 rings (SSSR count). The summed E-state index contributed by atoms with van der Waals surface area (Å²) in [6, 6.07) is 5.87. The molecule has 0 bridgehead atoms. The minimum absolute atomic E-state index is 0.0366. The number of ether oxygens (including phenoxy) is 1. The first kappa shape index (κ1) is 27.6. The first-order valence-electron chi connectivity index (χ1n) is 13.6. The van der Waals surface area contributed by atoms with E-state index in [0.29, 0.717) is 35.6 Å². The predicted octanol–water partition coefficient (Wildman–Crippen LogP) is 6.62. The highest BCUT2D eigenvalue weighted by atomic mass is 32.1. The summed E-state index contributed by atoms with van der Waals surface area (Å²) in [6.07, 6.45) is 6.92. The second kappa shape index (κ2) is 11.1. The number of benzene rings is 1. The summed E-state index contributed by atoms with van der Waals surface area (Å²) in [7, 11) is 0. The summed E-state index contributed by atoms with van der Waals surface area (Å²) < 4.78 is 38.8. The lowest BCUT2D eigenvalue weighted by Crippen LogP contribution is -2.27. The van der Waals surface area contributed by atoms with Gasteiger partial charge in [0, 0.05) is 58.2 Å². The summed E-state index contributed by atoms with van der Waals surface area (Å²) in [6.45, 7) is 10.2. The molecule has 0 radical (unpaired) electrons. The van der Waals surface area contributed by atoms with E-state index in [4.69, 9.17) is 9.72 Å². The maximum absolute atomic E-state index is 15.8. The van der Waals surface area contributed by atoms with Crippen LogP contribution in [0.15, 0.2) is 60.9 Å². The third-order valence-electron chi connectivity index (χ3n) is 7.19. The van der Waals surface area contributed by atoms with Crippen LogP contribution in [-0.2, 0) is 4.79 Å². The fourth-order valence-electron chi connectivity index (χ4n) is 5.38. The smallest absolute Gasteiger partial charge is 0.246 e. The van der Waals surface area contributed by atoms with E-state index in [0.717, 1.165) is 33.8 Å². The molecule has 0 spiro atoms. The van der Waals surface area contributed by atoms with Crippen LogP contribution in [0.2, 0.25) is 0 Å². The molecule has 1 amide bonds. The molecule has 4 aromatic heterocycles. The minimum Gasteiger partial charge on any atom is -0.490 e. The lowest BCUT2D eigenvalue weighted by molar-refractivity contribution is -0.125. The van der Waals surface area contributed by atoms with Gasteiger partial charge in [-0.25, -0.2) is 13.8 Å². The Balaban J connectivity index is 1.59. The highest BCUT2D eigenvalue weighted by Gasteiger charge is 2.29. The van der Waals surface area contributed by atoms with E-state index in [1.54, 1.807) is 31.1 Å². The number of rotatable bonds is 7. The number of aromatic nitrogens is 5. The van der Waals surface area contributed by atoms with Crippen molar-refractivity contribution in [3.05, 3.63) is 78.2 Å². The minimum atomic E-state index is -0.751. The molecule has 1 saturated heterocycles. The van der Waals surface area contributed by atoms with Crippen LogP contribution in [0.4, 0.5) is 8.78 Å². The van der Waals surface area contributed by atoms with Crippen LogP contribution < -0.4 is 4.74 Å². The van der Waals surface area contributed by atoms with Crippen molar-refractivity contribution >= 4 is 27.3 Å². The Kier molecular flexibility index (Phi) is 7.28. The molecule has 1 unspecified atom stereocenters. The first-order chi connectivity index (χ1) is 20.2. The molecule has 42 heavy (non-hydrogen) atoms. The Bertz CT molecular complexity index is 1830. The average Bonchev–Trinajstić information content (AvgIpc) is 3.72. The number of carbonyl (C=O) groups is 1. The third kappa shape index (κ3) is 5.04. The molecule has 0 N–H and O–H groups in total. The van der Waals surface area contributed by atoms with E-state index in [2.05, 4.69) is 21.9 Å². The molecule has 1 fully saturated rings. The van der Waals surface area contributed by atoms with E-state index >= 15 is 4.39 Å². The summed E-state index contributed by atoms with van der Waals surface area (Å²) >= 11 is 1.44. The Morgan fingerprint density at radius 1 is 1.17 bits per heavy atom. The molecule has 0 aliphatic carbocycles. The Morgan fingerprint density at radius 3 is 2.76 bits per heavy atom. The van der Waals surface area contributed by atoms with Gasteiger partial charge in [-0.05, 0) is 50.8 Å². The topological polar surface area (TPSA) is 86.0 Å². The first-order valence-corrected chi connectivity index (χ1v) is 14.4. The molecular weight excluding hydrogens is 558 g/mol. The summed E-state index contributed by atoms with van der Waals surface area (Å²) in [5.41, 5.74) is 3.89. The Morgan fingerprint density at radius 2 is 2.00 bits per heavy atom. The van der Waals surface area contributed by atoms with Crippen LogP contribution in [0.1, 0.15) is 32.0 Å². The Hall–Kier alpha value is -4.51. The van der Waals surface area contributed by atoms with Gasteiger partial charge in [-0.3, -0.25) is 9.48 Å². The van der Waals surface area contributed by atoms with Crippen molar-refractivity contribution in [3.8, 4) is 39.4 Å². The molecule has 1 aliphatic rings. The number of carbonyl (C=O) groups excluding carboxylic acids is 1. The molecule has 1 aromatic carbocycles. The number of hydrogen-bond acceptors (Lipinski definition) is 7. The maximum Gasteiger partial charge on any atom is 0.246 e. The van der Waals surface area contributed by atoms with Gasteiger partial charge in [-0.15, -0.1) is 11.3 Å². The molecule has 8 nitrogen and oxygen atoms in total. The fourth-order valence-corrected chi connectivity index (χ4v) is 6.32. The fraction of sp³-hybridized carbons (Fsp3) is 0.258. The van der Waals surface area contributed by atoms with Crippen LogP contribution in [0.3, 0.4) is 0 Å². The van der Waals surface area contributed by atoms with Crippen molar-refractivity contribution in [2.75, 3.05) is 13.1 Å². The van der Waals surface area contributed by atoms with Gasteiger partial charge in [0.25, 0.3) is 0 Å². The van der Waals surface area contributed by atoms with Crippen LogP contribution >= 0.6 is 11.3 Å². The van der Waals surface area contributed by atoms with Crippen molar-refractivity contribution < 1.29 is 18.3 Å². The molecule has 1 aliphatic heterocycles. The van der Waals surface area contributed by atoms with Crippen molar-refractivity contribution in [2.45, 2.75) is 39.3 Å². The van der Waals surface area contributed by atoms with Gasteiger partial charge in [-0.1, -0.05) is 6.58 Å². The normalized spacial score (nSPS) is 15.1. The third-order valence-corrected chi connectivity index (χ3v) is 8.12. The number of thiophene rings is 1. The van der Waals surface area contributed by atoms with Crippen molar-refractivity contribution in [3.63, 3.8) is 0 Å². The van der Waals surface area contributed by atoms with Gasteiger partial charge >= 0.3 is 0 Å². The molecular formula is C31H28F2N6O2S. The lowest BCUT2D eigenvalue weighted by Gasteiger charge is -2.19. The number of amides is 1. The number of fused-ring (bicyclic) bond motifs is 1. The molecule has 5 aromatic rings. The number of halogens is 2. The van der Waals surface area contributed by atoms with Crippen LogP contribution in [0.25, 0.3) is 43.7 Å². The van der Waals surface area contributed by atoms with Crippen molar-refractivity contribution in [1.29, 1.82) is 0 Å². The van der Waals surface area contributed by atoms with E-state index in [1.165, 1.54) is 23.5 Å². The number of aryl methyl sites for hydroxylation is 1. The van der Waals surface area contributed by atoms with Crippen molar-refractivity contribution in [2.24, 2.45) is 0 Å². The van der Waals surface area contributed by atoms with Gasteiger partial charge in [0.1, 0.15) is 17.4 Å². The summed E-state index contributed by atoms with van der Waals surface area (Å²) in [4.78, 5) is 19.0. The zero-order valence-corrected chi connectivity index (χ0v) is 24.2. The molecule has 11 heteroatoms. The number of nitrogens with zero attached hydrogens (tertiary/aromatic N) is 6. The predicted molar refractivity (Wildman–Crippen MR) is 158 cm³/mol. The van der Waals surface area contributed by atoms with E-state index in [-0.39, 0.29) is 29.4 Å². The molecule has 0 saturated carbocycles. The van der Waals surface area contributed by atoms with Gasteiger partial charge in [-0.2, -0.15) is 15.3 Å². The van der Waals surface area contributed by atoms with Gasteiger partial charge in [0.05, 0.1) is 47.2 Å². The lowest BCUT2D eigenvalue weighted by atomic mass is 9.96. The van der Waals surface area contributed by atoms with Crippen LogP contribution in [0, 0.1) is 18.6 Å². The highest BCUT2D eigenvalue weighted by Crippen LogP contribution is 2.47. The van der Waals surface area contributed by atoms with E-state index < -0.39 is 11.6 Å². The monoisotopic (exact) mass is 586 g/mol. The quantitative estimate of drug-likeness (QED) is 0.199. The second-order valence-electron chi connectivity index (χ2n) is 10.5. The van der Waals surface area contributed by atoms with E-state index in [1.807, 2.05) is 35.3 Å². The Labute approximate surface area is 245 Å². The summed E-state index contributed by atoms with van der Waals surface area (Å²) in [5, 5.41) is 15.6. The summed E-state index contributed by atoms with van der Waals surface area (Å²) in [5.74, 6) is -1.51. The van der Waals surface area contributed by atoms with Crippen LogP contribution in [-0.4, -0.2) is 55.0 Å². The standard InChI is InChI=1S/C31H28F2N6O2S/c1-5-26(40)38-8-6-22(16-38)39-15-20(14-35-39)30-28(27-24(33)11-21(32)12-25(27)41-17(2)3)31-23(7-9-42-31)29(36-30)19-10-18(4)37-34-13-19/h5,7,9-15,17,22H,1,6,8,16H2,2-4H3. The molecule has 1 atom stereocenters. The van der Waals surface area contributed by atoms with Crippen molar-refractivity contribution in [1.82, 2.24) is 29.9 Å². The largest absolute Gasteiger partial charge is 0.490 e. The highest BCUT2D eigenvalue weighted by molar-refractivity contribution is 7.18. The second-order valence-corrected chi connectivity index (χ2v) is 11.4. The molecule has 5 heterocycles. The number of hydrogen-bond donors (Lipinski definition) is 0.